The highest BCUT2D eigenvalue weighted by Gasteiger charge is 2.30. The lowest BCUT2D eigenvalue weighted by Crippen LogP contribution is -2.47. The molecule has 2 atom stereocenters. The molecule has 126 valence electrons. The lowest BCUT2D eigenvalue weighted by molar-refractivity contribution is -0.384. The van der Waals surface area contributed by atoms with Crippen LogP contribution in [-0.4, -0.2) is 37.4 Å². The van der Waals surface area contributed by atoms with Gasteiger partial charge in [-0.15, -0.1) is 0 Å². The summed E-state index contributed by atoms with van der Waals surface area (Å²) in [5.41, 5.74) is 0.649. The summed E-state index contributed by atoms with van der Waals surface area (Å²) >= 11 is 0. The van der Waals surface area contributed by atoms with Gasteiger partial charge in [0.25, 0.3) is 11.6 Å². The summed E-state index contributed by atoms with van der Waals surface area (Å²) in [5, 5.41) is 11.4. The van der Waals surface area contributed by atoms with E-state index in [2.05, 4.69) is 4.98 Å². The van der Waals surface area contributed by atoms with E-state index in [1.807, 2.05) is 18.7 Å². The van der Waals surface area contributed by atoms with Gasteiger partial charge in [-0.25, -0.2) is 4.98 Å². The first-order valence-corrected chi connectivity index (χ1v) is 8.08. The molecule has 1 aromatic carbocycles. The van der Waals surface area contributed by atoms with Crippen molar-refractivity contribution in [2.75, 3.05) is 0 Å². The summed E-state index contributed by atoms with van der Waals surface area (Å²) in [5.74, 6) is -0.144. The molecule has 7 heteroatoms. The van der Waals surface area contributed by atoms with Gasteiger partial charge in [0.1, 0.15) is 5.69 Å². The van der Waals surface area contributed by atoms with Gasteiger partial charge in [0, 0.05) is 36.1 Å². The number of imidazole rings is 1. The topological polar surface area (TPSA) is 81.3 Å². The van der Waals surface area contributed by atoms with Gasteiger partial charge in [0.15, 0.2) is 0 Å². The Morgan fingerprint density at radius 3 is 2.58 bits per heavy atom. The van der Waals surface area contributed by atoms with E-state index in [1.165, 1.54) is 12.4 Å². The highest BCUT2D eigenvalue weighted by molar-refractivity contribution is 5.95. The summed E-state index contributed by atoms with van der Waals surface area (Å²) in [6.07, 6.45) is 7.72. The molecule has 1 aromatic heterocycles. The first-order valence-electron chi connectivity index (χ1n) is 8.08. The smallest absolute Gasteiger partial charge is 0.294 e. The van der Waals surface area contributed by atoms with Crippen molar-refractivity contribution < 1.29 is 9.72 Å². The number of hydrogen-bond donors (Lipinski definition) is 0. The molecule has 0 aliphatic carbocycles. The van der Waals surface area contributed by atoms with Gasteiger partial charge < -0.3 is 9.47 Å². The number of carbonyl (C=O) groups is 1. The highest BCUT2D eigenvalue weighted by atomic mass is 16.6. The third-order valence-electron chi connectivity index (χ3n) is 4.63. The second kappa shape index (κ2) is 6.43. The molecule has 0 bridgehead atoms. The second-order valence-electron chi connectivity index (χ2n) is 6.27. The van der Waals surface area contributed by atoms with Gasteiger partial charge in [-0.3, -0.25) is 14.9 Å². The molecular weight excluding hydrogens is 308 g/mol. The van der Waals surface area contributed by atoms with Crippen LogP contribution in [-0.2, 0) is 0 Å². The number of carbonyl (C=O) groups excluding carboxylic acids is 1. The molecule has 0 spiro atoms. The van der Waals surface area contributed by atoms with Crippen LogP contribution >= 0.6 is 0 Å². The average molecular weight is 328 g/mol. The second-order valence-corrected chi connectivity index (χ2v) is 6.27. The minimum atomic E-state index is -0.463. The summed E-state index contributed by atoms with van der Waals surface area (Å²) in [6, 6.07) is 4.92. The summed E-state index contributed by atoms with van der Waals surface area (Å²) < 4.78 is 1.57. The minimum Gasteiger partial charge on any atom is -0.333 e. The fourth-order valence-electron chi connectivity index (χ4n) is 3.39. The lowest BCUT2D eigenvalue weighted by Gasteiger charge is -2.39. The monoisotopic (exact) mass is 328 g/mol. The van der Waals surface area contributed by atoms with Gasteiger partial charge in [0.05, 0.1) is 11.3 Å². The summed E-state index contributed by atoms with van der Waals surface area (Å²) in [6.45, 7) is 4.06. The molecule has 7 nitrogen and oxygen atoms in total. The van der Waals surface area contributed by atoms with Gasteiger partial charge in [-0.2, -0.15) is 0 Å². The first kappa shape index (κ1) is 16.2. The fourth-order valence-corrected chi connectivity index (χ4v) is 3.39. The summed E-state index contributed by atoms with van der Waals surface area (Å²) in [4.78, 5) is 29.6. The fraction of sp³-hybridized carbons (Fsp3) is 0.412. The number of aromatic nitrogens is 2. The van der Waals surface area contributed by atoms with Crippen molar-refractivity contribution in [3.05, 3.63) is 52.6 Å². The average Bonchev–Trinajstić information content (AvgIpc) is 3.08. The van der Waals surface area contributed by atoms with E-state index in [-0.39, 0.29) is 23.7 Å². The van der Waals surface area contributed by atoms with Crippen LogP contribution in [0.3, 0.4) is 0 Å². The number of amides is 1. The molecule has 1 aliphatic rings. The van der Waals surface area contributed by atoms with Gasteiger partial charge in [0.2, 0.25) is 0 Å². The van der Waals surface area contributed by atoms with E-state index in [4.69, 9.17) is 0 Å². The quantitative estimate of drug-likeness (QED) is 0.640. The summed E-state index contributed by atoms with van der Waals surface area (Å²) in [7, 11) is 0. The van der Waals surface area contributed by atoms with E-state index < -0.39 is 4.92 Å². The SMILES string of the molecule is CC1CCCC(C)N1C(=O)c1ccc(-n2ccnc2)c([N+](=O)[O-])c1. The van der Waals surface area contributed by atoms with E-state index >= 15 is 0 Å². The molecule has 1 amide bonds. The van der Waals surface area contributed by atoms with Crippen LogP contribution in [0.2, 0.25) is 0 Å². The molecule has 3 rings (SSSR count). The Morgan fingerprint density at radius 2 is 2.00 bits per heavy atom. The minimum absolute atomic E-state index is 0.101. The van der Waals surface area contributed by atoms with Crippen LogP contribution in [0.25, 0.3) is 5.69 Å². The lowest BCUT2D eigenvalue weighted by atomic mass is 9.96. The number of likely N-dealkylation sites (tertiary alicyclic amines) is 1. The maximum absolute atomic E-state index is 12.9. The number of nitrogens with zero attached hydrogens (tertiary/aromatic N) is 4. The largest absolute Gasteiger partial charge is 0.333 e. The number of rotatable bonds is 3. The van der Waals surface area contributed by atoms with E-state index in [1.54, 1.807) is 29.1 Å². The zero-order chi connectivity index (χ0) is 17.3. The van der Waals surface area contributed by atoms with Crippen molar-refractivity contribution in [3.63, 3.8) is 0 Å². The van der Waals surface area contributed by atoms with Crippen molar-refractivity contribution in [3.8, 4) is 5.69 Å². The van der Waals surface area contributed by atoms with Crippen LogP contribution in [0, 0.1) is 10.1 Å². The highest BCUT2D eigenvalue weighted by Crippen LogP contribution is 2.28. The first-order chi connectivity index (χ1) is 11.5. The van der Waals surface area contributed by atoms with Crippen molar-refractivity contribution in [2.24, 2.45) is 0 Å². The van der Waals surface area contributed by atoms with E-state index in [0.29, 0.717) is 11.3 Å². The Kier molecular flexibility index (Phi) is 4.33. The van der Waals surface area contributed by atoms with Crippen LogP contribution in [0.4, 0.5) is 5.69 Å². The Bertz CT molecular complexity index is 747. The van der Waals surface area contributed by atoms with Crippen LogP contribution in [0.5, 0.6) is 0 Å². The number of nitro groups is 1. The number of benzene rings is 1. The molecule has 1 aliphatic heterocycles. The normalized spacial score (nSPS) is 20.8. The third-order valence-corrected chi connectivity index (χ3v) is 4.63. The van der Waals surface area contributed by atoms with E-state index in [0.717, 1.165) is 19.3 Å². The van der Waals surface area contributed by atoms with Crippen molar-refractivity contribution in [2.45, 2.75) is 45.2 Å². The maximum atomic E-state index is 12.9. The number of nitro benzene ring substituents is 1. The maximum Gasteiger partial charge on any atom is 0.294 e. The number of hydrogen-bond acceptors (Lipinski definition) is 4. The molecule has 2 aromatic rings. The molecule has 2 heterocycles. The molecule has 2 unspecified atom stereocenters. The Labute approximate surface area is 140 Å². The van der Waals surface area contributed by atoms with Crippen molar-refractivity contribution in [1.82, 2.24) is 14.5 Å². The zero-order valence-electron chi connectivity index (χ0n) is 13.8. The standard InChI is InChI=1S/C17H20N4O3/c1-12-4-3-5-13(2)20(12)17(22)14-6-7-15(16(10-14)21(23)24)19-9-8-18-11-19/h6-13H,3-5H2,1-2H3. The Morgan fingerprint density at radius 1 is 1.29 bits per heavy atom. The molecule has 0 saturated carbocycles. The van der Waals surface area contributed by atoms with Gasteiger partial charge in [-0.05, 0) is 45.2 Å². The van der Waals surface area contributed by atoms with Crippen molar-refractivity contribution in [1.29, 1.82) is 0 Å². The molecular formula is C17H20N4O3. The van der Waals surface area contributed by atoms with Gasteiger partial charge >= 0.3 is 0 Å². The Balaban J connectivity index is 1.98. The molecule has 24 heavy (non-hydrogen) atoms. The van der Waals surface area contributed by atoms with Crippen LogP contribution in [0.15, 0.2) is 36.9 Å². The predicted molar refractivity (Wildman–Crippen MR) is 89.2 cm³/mol. The number of piperidine rings is 1. The third kappa shape index (κ3) is 2.89. The Hall–Kier alpha value is -2.70. The van der Waals surface area contributed by atoms with Crippen molar-refractivity contribution >= 4 is 11.6 Å². The molecule has 1 saturated heterocycles. The van der Waals surface area contributed by atoms with Crippen LogP contribution in [0.1, 0.15) is 43.5 Å². The molecule has 0 radical (unpaired) electrons. The molecule has 1 fully saturated rings. The van der Waals surface area contributed by atoms with Crippen LogP contribution < -0.4 is 0 Å². The predicted octanol–water partition coefficient (Wildman–Crippen LogP) is 3.18. The van der Waals surface area contributed by atoms with E-state index in [9.17, 15) is 14.9 Å². The zero-order valence-corrected chi connectivity index (χ0v) is 13.8. The van der Waals surface area contributed by atoms with Gasteiger partial charge in [-0.1, -0.05) is 0 Å². The molecule has 0 N–H and O–H groups in total.